The SMILES string of the molecule is Cc1cc(Br)cnc1NC(=O)c1ccc(-n2cccc2)cc1. The zero-order valence-corrected chi connectivity index (χ0v) is 13.5. The summed E-state index contributed by atoms with van der Waals surface area (Å²) in [7, 11) is 0. The molecule has 110 valence electrons. The van der Waals surface area contributed by atoms with E-state index >= 15 is 0 Å². The van der Waals surface area contributed by atoms with Crippen LogP contribution in [0.15, 0.2) is 65.5 Å². The number of amides is 1. The molecule has 1 aromatic carbocycles. The van der Waals surface area contributed by atoms with Crippen molar-refractivity contribution in [1.29, 1.82) is 0 Å². The van der Waals surface area contributed by atoms with Crippen molar-refractivity contribution in [3.05, 3.63) is 76.7 Å². The Morgan fingerprint density at radius 2 is 1.86 bits per heavy atom. The first kappa shape index (κ1) is 14.5. The number of hydrogen-bond acceptors (Lipinski definition) is 2. The van der Waals surface area contributed by atoms with Gasteiger partial charge < -0.3 is 9.88 Å². The minimum atomic E-state index is -0.169. The minimum Gasteiger partial charge on any atom is -0.324 e. The molecule has 0 aliphatic rings. The van der Waals surface area contributed by atoms with E-state index in [-0.39, 0.29) is 5.91 Å². The Balaban J connectivity index is 1.77. The maximum atomic E-state index is 12.3. The number of aromatic nitrogens is 2. The van der Waals surface area contributed by atoms with Crippen LogP contribution in [0.1, 0.15) is 15.9 Å². The molecule has 0 atom stereocenters. The fourth-order valence-corrected chi connectivity index (χ4v) is 2.59. The summed E-state index contributed by atoms with van der Waals surface area (Å²) < 4.78 is 2.88. The molecule has 0 spiro atoms. The Labute approximate surface area is 136 Å². The Hall–Kier alpha value is -2.40. The van der Waals surface area contributed by atoms with Crippen LogP contribution in [0.4, 0.5) is 5.82 Å². The Morgan fingerprint density at radius 1 is 1.18 bits per heavy atom. The van der Waals surface area contributed by atoms with E-state index in [4.69, 9.17) is 0 Å². The summed E-state index contributed by atoms with van der Waals surface area (Å²) >= 11 is 3.36. The zero-order chi connectivity index (χ0) is 15.5. The maximum Gasteiger partial charge on any atom is 0.256 e. The Morgan fingerprint density at radius 3 is 2.50 bits per heavy atom. The van der Waals surface area contributed by atoms with Crippen LogP contribution in [-0.4, -0.2) is 15.5 Å². The minimum absolute atomic E-state index is 0.169. The lowest BCUT2D eigenvalue weighted by Crippen LogP contribution is -2.14. The highest BCUT2D eigenvalue weighted by Gasteiger charge is 2.09. The lowest BCUT2D eigenvalue weighted by atomic mass is 10.2. The van der Waals surface area contributed by atoms with Gasteiger partial charge in [-0.2, -0.15) is 0 Å². The molecule has 0 radical (unpaired) electrons. The lowest BCUT2D eigenvalue weighted by Gasteiger charge is -2.08. The van der Waals surface area contributed by atoms with Crippen LogP contribution < -0.4 is 5.32 Å². The van der Waals surface area contributed by atoms with Gasteiger partial charge in [0, 0.05) is 34.3 Å². The van der Waals surface area contributed by atoms with Crippen molar-refractivity contribution in [1.82, 2.24) is 9.55 Å². The first-order valence-corrected chi connectivity index (χ1v) is 7.60. The van der Waals surface area contributed by atoms with Crippen LogP contribution in [-0.2, 0) is 0 Å². The summed E-state index contributed by atoms with van der Waals surface area (Å²) in [5.41, 5.74) is 2.52. The second-order valence-electron chi connectivity index (χ2n) is 4.91. The van der Waals surface area contributed by atoms with Crippen molar-refractivity contribution in [2.45, 2.75) is 6.92 Å². The van der Waals surface area contributed by atoms with Gasteiger partial charge in [0.25, 0.3) is 5.91 Å². The molecule has 5 heteroatoms. The highest BCUT2D eigenvalue weighted by molar-refractivity contribution is 9.10. The maximum absolute atomic E-state index is 12.3. The molecule has 0 fully saturated rings. The third-order valence-electron chi connectivity index (χ3n) is 3.31. The Kier molecular flexibility index (Phi) is 4.06. The van der Waals surface area contributed by atoms with Crippen molar-refractivity contribution < 1.29 is 4.79 Å². The smallest absolute Gasteiger partial charge is 0.256 e. The number of aryl methyl sites for hydroxylation is 1. The van der Waals surface area contributed by atoms with Crippen LogP contribution in [0.25, 0.3) is 5.69 Å². The molecule has 1 N–H and O–H groups in total. The number of nitrogens with one attached hydrogen (secondary N) is 1. The van der Waals surface area contributed by atoms with Gasteiger partial charge in [0.1, 0.15) is 5.82 Å². The van der Waals surface area contributed by atoms with Crippen LogP contribution >= 0.6 is 15.9 Å². The summed E-state index contributed by atoms with van der Waals surface area (Å²) in [5, 5.41) is 2.83. The van der Waals surface area contributed by atoms with Crippen LogP contribution in [0, 0.1) is 6.92 Å². The van der Waals surface area contributed by atoms with E-state index < -0.39 is 0 Å². The van der Waals surface area contributed by atoms with Gasteiger partial charge in [0.15, 0.2) is 0 Å². The molecule has 2 heterocycles. The largest absolute Gasteiger partial charge is 0.324 e. The van der Waals surface area contributed by atoms with E-state index in [0.717, 1.165) is 15.7 Å². The highest BCUT2D eigenvalue weighted by atomic mass is 79.9. The van der Waals surface area contributed by atoms with E-state index in [1.54, 1.807) is 18.3 Å². The average Bonchev–Trinajstić information content (AvgIpc) is 3.04. The number of anilines is 1. The summed E-state index contributed by atoms with van der Waals surface area (Å²) in [6.07, 6.45) is 5.59. The van der Waals surface area contributed by atoms with Gasteiger partial charge in [-0.05, 0) is 70.9 Å². The second-order valence-corrected chi connectivity index (χ2v) is 5.83. The third kappa shape index (κ3) is 3.09. The van der Waals surface area contributed by atoms with Crippen molar-refractivity contribution in [2.24, 2.45) is 0 Å². The molecule has 3 aromatic rings. The molecule has 3 rings (SSSR count). The quantitative estimate of drug-likeness (QED) is 0.765. The number of hydrogen-bond donors (Lipinski definition) is 1. The summed E-state index contributed by atoms with van der Waals surface area (Å²) in [4.78, 5) is 16.5. The van der Waals surface area contributed by atoms with Crippen LogP contribution in [0.2, 0.25) is 0 Å². The van der Waals surface area contributed by atoms with Crippen LogP contribution in [0.3, 0.4) is 0 Å². The molecule has 0 unspecified atom stereocenters. The summed E-state index contributed by atoms with van der Waals surface area (Å²) in [6, 6.07) is 13.3. The standard InChI is InChI=1S/C17H14BrN3O/c1-12-10-14(18)11-19-16(12)20-17(22)13-4-6-15(7-5-13)21-8-2-3-9-21/h2-11H,1H3,(H,19,20,22). The van der Waals surface area contributed by atoms with Crippen molar-refractivity contribution in [3.63, 3.8) is 0 Å². The van der Waals surface area contributed by atoms with Gasteiger partial charge in [-0.1, -0.05) is 0 Å². The number of pyridine rings is 1. The molecule has 2 aromatic heterocycles. The molecule has 0 aliphatic carbocycles. The molecule has 0 aliphatic heterocycles. The first-order valence-electron chi connectivity index (χ1n) is 6.80. The van der Waals surface area contributed by atoms with E-state index in [9.17, 15) is 4.79 Å². The van der Waals surface area contributed by atoms with Gasteiger partial charge in [0.2, 0.25) is 0 Å². The fraction of sp³-hybridized carbons (Fsp3) is 0.0588. The van der Waals surface area contributed by atoms with Gasteiger partial charge in [0.05, 0.1) is 0 Å². The Bertz CT molecular complexity index is 795. The summed E-state index contributed by atoms with van der Waals surface area (Å²) in [5.74, 6) is 0.402. The second kappa shape index (κ2) is 6.15. The molecule has 22 heavy (non-hydrogen) atoms. The van der Waals surface area contributed by atoms with Crippen molar-refractivity contribution in [2.75, 3.05) is 5.32 Å². The first-order chi connectivity index (χ1) is 10.6. The zero-order valence-electron chi connectivity index (χ0n) is 12.0. The topological polar surface area (TPSA) is 46.9 Å². The third-order valence-corrected chi connectivity index (χ3v) is 3.74. The van der Waals surface area contributed by atoms with E-state index in [1.165, 1.54) is 0 Å². The van der Waals surface area contributed by atoms with Gasteiger partial charge in [-0.25, -0.2) is 4.98 Å². The van der Waals surface area contributed by atoms with Crippen LogP contribution in [0.5, 0.6) is 0 Å². The highest BCUT2D eigenvalue weighted by Crippen LogP contribution is 2.18. The molecule has 1 amide bonds. The number of carbonyl (C=O) groups excluding carboxylic acids is 1. The average molecular weight is 356 g/mol. The monoisotopic (exact) mass is 355 g/mol. The normalized spacial score (nSPS) is 10.5. The molecule has 0 bridgehead atoms. The molecule has 4 nitrogen and oxygen atoms in total. The molecular weight excluding hydrogens is 342 g/mol. The predicted molar refractivity (Wildman–Crippen MR) is 90.4 cm³/mol. The molecule has 0 saturated carbocycles. The van der Waals surface area contributed by atoms with Crippen molar-refractivity contribution >= 4 is 27.7 Å². The molecular formula is C17H14BrN3O. The number of rotatable bonds is 3. The lowest BCUT2D eigenvalue weighted by molar-refractivity contribution is 0.102. The van der Waals surface area contributed by atoms with E-state index in [2.05, 4.69) is 26.2 Å². The number of carbonyl (C=O) groups is 1. The van der Waals surface area contributed by atoms with E-state index in [1.807, 2.05) is 54.2 Å². The number of nitrogens with zero attached hydrogens (tertiary/aromatic N) is 2. The van der Waals surface area contributed by atoms with Gasteiger partial charge >= 0.3 is 0 Å². The van der Waals surface area contributed by atoms with Crippen molar-refractivity contribution in [3.8, 4) is 5.69 Å². The number of halogens is 1. The van der Waals surface area contributed by atoms with E-state index in [0.29, 0.717) is 11.4 Å². The number of benzene rings is 1. The summed E-state index contributed by atoms with van der Waals surface area (Å²) in [6.45, 7) is 1.91. The predicted octanol–water partition coefficient (Wildman–Crippen LogP) is 4.20. The fourth-order valence-electron chi connectivity index (χ4n) is 2.14. The van der Waals surface area contributed by atoms with Gasteiger partial charge in [-0.3, -0.25) is 4.79 Å². The molecule has 0 saturated heterocycles. The van der Waals surface area contributed by atoms with Gasteiger partial charge in [-0.15, -0.1) is 0 Å².